The summed E-state index contributed by atoms with van der Waals surface area (Å²) in [6.45, 7) is 8.42. The summed E-state index contributed by atoms with van der Waals surface area (Å²) < 4.78 is 3.68. The average molecular weight is 249 g/mol. The number of nitrogens with zero attached hydrogens (tertiary/aromatic N) is 6. The van der Waals surface area contributed by atoms with E-state index < -0.39 is 0 Å². The second-order valence-electron chi connectivity index (χ2n) is 4.35. The van der Waals surface area contributed by atoms with Gasteiger partial charge in [-0.05, 0) is 20.4 Å². The Morgan fingerprint density at radius 1 is 1.33 bits per heavy atom. The van der Waals surface area contributed by atoms with E-state index in [9.17, 15) is 0 Å². The van der Waals surface area contributed by atoms with E-state index in [1.165, 1.54) is 0 Å². The molecule has 18 heavy (non-hydrogen) atoms. The van der Waals surface area contributed by atoms with Gasteiger partial charge in [0.1, 0.15) is 25.0 Å². The number of hydrogen-bond acceptors (Lipinski definition) is 5. The largest absolute Gasteiger partial charge is 0.310 e. The van der Waals surface area contributed by atoms with Gasteiger partial charge in [-0.3, -0.25) is 0 Å². The van der Waals surface area contributed by atoms with Crippen molar-refractivity contribution in [3.63, 3.8) is 0 Å². The van der Waals surface area contributed by atoms with Crippen LogP contribution in [-0.2, 0) is 13.1 Å². The first-order valence-corrected chi connectivity index (χ1v) is 6.18. The van der Waals surface area contributed by atoms with Crippen LogP contribution in [0.25, 0.3) is 0 Å². The van der Waals surface area contributed by atoms with Crippen molar-refractivity contribution >= 4 is 0 Å². The Balaban J connectivity index is 2.04. The van der Waals surface area contributed by atoms with E-state index in [0.29, 0.717) is 19.1 Å². The molecule has 0 saturated heterocycles. The molecular weight excluding hydrogens is 230 g/mol. The summed E-state index contributed by atoms with van der Waals surface area (Å²) in [5.74, 6) is 1.69. The molecule has 1 N–H and O–H groups in total. The minimum atomic E-state index is 0.298. The first kappa shape index (κ1) is 12.7. The lowest BCUT2D eigenvalue weighted by atomic mass is 10.4. The zero-order valence-corrected chi connectivity index (χ0v) is 11.0. The number of aromatic nitrogens is 6. The number of nitrogens with one attached hydrogen (secondary N) is 1. The fourth-order valence-electron chi connectivity index (χ4n) is 1.69. The van der Waals surface area contributed by atoms with Crippen LogP contribution >= 0.6 is 0 Å². The van der Waals surface area contributed by atoms with Gasteiger partial charge in [0.05, 0.1) is 6.54 Å². The second kappa shape index (κ2) is 5.72. The van der Waals surface area contributed by atoms with E-state index in [1.54, 1.807) is 17.3 Å². The first-order valence-electron chi connectivity index (χ1n) is 6.18. The van der Waals surface area contributed by atoms with Gasteiger partial charge in [0, 0.05) is 6.04 Å². The summed E-state index contributed by atoms with van der Waals surface area (Å²) >= 11 is 0. The van der Waals surface area contributed by atoms with Gasteiger partial charge in [-0.2, -0.15) is 10.2 Å². The predicted octanol–water partition coefficient (Wildman–Crippen LogP) is 0.608. The van der Waals surface area contributed by atoms with Gasteiger partial charge < -0.3 is 5.32 Å². The first-order chi connectivity index (χ1) is 8.70. The lowest BCUT2D eigenvalue weighted by molar-refractivity contribution is 0.486. The van der Waals surface area contributed by atoms with Crippen molar-refractivity contribution < 1.29 is 0 Å². The van der Waals surface area contributed by atoms with Crippen LogP contribution in [0.3, 0.4) is 0 Å². The predicted molar refractivity (Wildman–Crippen MR) is 66.9 cm³/mol. The van der Waals surface area contributed by atoms with Gasteiger partial charge in [0.15, 0.2) is 5.82 Å². The molecule has 2 rings (SSSR count). The minimum absolute atomic E-state index is 0.298. The monoisotopic (exact) mass is 249 g/mol. The SMILES string of the molecule is CCNCc1ncn(Cc2ncnn2C(C)C)n1. The van der Waals surface area contributed by atoms with Crippen LogP contribution in [0.4, 0.5) is 0 Å². The average Bonchev–Trinajstić information content (AvgIpc) is 2.96. The van der Waals surface area contributed by atoms with E-state index in [4.69, 9.17) is 0 Å². The summed E-state index contributed by atoms with van der Waals surface area (Å²) in [4.78, 5) is 8.49. The van der Waals surface area contributed by atoms with Crippen LogP contribution in [0.2, 0.25) is 0 Å². The van der Waals surface area contributed by atoms with Crippen LogP contribution in [-0.4, -0.2) is 36.1 Å². The summed E-state index contributed by atoms with van der Waals surface area (Å²) in [6, 6.07) is 0.298. The molecule has 0 aliphatic heterocycles. The van der Waals surface area contributed by atoms with E-state index in [-0.39, 0.29) is 0 Å². The maximum absolute atomic E-state index is 4.39. The zero-order valence-electron chi connectivity index (χ0n) is 11.0. The summed E-state index contributed by atoms with van der Waals surface area (Å²) in [7, 11) is 0. The third-order valence-electron chi connectivity index (χ3n) is 2.56. The van der Waals surface area contributed by atoms with E-state index >= 15 is 0 Å². The highest BCUT2D eigenvalue weighted by atomic mass is 15.4. The smallest absolute Gasteiger partial charge is 0.164 e. The molecule has 0 amide bonds. The topological polar surface area (TPSA) is 73.5 Å². The van der Waals surface area contributed by atoms with Gasteiger partial charge in [0.2, 0.25) is 0 Å². The molecule has 0 bridgehead atoms. The molecule has 2 aromatic heterocycles. The Morgan fingerprint density at radius 2 is 2.17 bits per heavy atom. The van der Waals surface area contributed by atoms with Crippen molar-refractivity contribution in [2.24, 2.45) is 0 Å². The van der Waals surface area contributed by atoms with E-state index in [1.807, 2.05) is 4.68 Å². The fraction of sp³-hybridized carbons (Fsp3) is 0.636. The van der Waals surface area contributed by atoms with Crippen molar-refractivity contribution in [3.05, 3.63) is 24.3 Å². The van der Waals surface area contributed by atoms with Gasteiger partial charge in [-0.15, -0.1) is 0 Å². The quantitative estimate of drug-likeness (QED) is 0.812. The highest BCUT2D eigenvalue weighted by molar-refractivity contribution is 4.89. The molecule has 98 valence electrons. The molecule has 0 fully saturated rings. The van der Waals surface area contributed by atoms with E-state index in [2.05, 4.69) is 46.3 Å². The minimum Gasteiger partial charge on any atom is -0.310 e. The van der Waals surface area contributed by atoms with Crippen molar-refractivity contribution in [1.29, 1.82) is 0 Å². The van der Waals surface area contributed by atoms with Gasteiger partial charge in [0.25, 0.3) is 0 Å². The lowest BCUT2D eigenvalue weighted by Crippen LogP contribution is -2.14. The van der Waals surface area contributed by atoms with Crippen molar-refractivity contribution in [1.82, 2.24) is 34.8 Å². The molecule has 0 atom stereocenters. The Morgan fingerprint density at radius 3 is 2.89 bits per heavy atom. The second-order valence-corrected chi connectivity index (χ2v) is 4.35. The molecule has 0 radical (unpaired) electrons. The molecular formula is C11H19N7. The normalized spacial score (nSPS) is 11.3. The number of rotatable bonds is 6. The van der Waals surface area contributed by atoms with E-state index in [0.717, 1.165) is 18.2 Å². The van der Waals surface area contributed by atoms with Gasteiger partial charge in [-0.1, -0.05) is 6.92 Å². The summed E-state index contributed by atoms with van der Waals surface area (Å²) in [5, 5.41) is 11.8. The molecule has 0 aliphatic carbocycles. The molecule has 7 heteroatoms. The lowest BCUT2D eigenvalue weighted by Gasteiger charge is -2.08. The highest BCUT2D eigenvalue weighted by Gasteiger charge is 2.09. The van der Waals surface area contributed by atoms with Crippen LogP contribution in [0.15, 0.2) is 12.7 Å². The fourth-order valence-corrected chi connectivity index (χ4v) is 1.69. The highest BCUT2D eigenvalue weighted by Crippen LogP contribution is 2.06. The summed E-state index contributed by atoms with van der Waals surface area (Å²) in [6.07, 6.45) is 3.30. The van der Waals surface area contributed by atoms with Crippen LogP contribution in [0, 0.1) is 0 Å². The maximum Gasteiger partial charge on any atom is 0.164 e. The molecule has 0 saturated carbocycles. The maximum atomic E-state index is 4.39. The Labute approximate surface area is 106 Å². The molecule has 2 aromatic rings. The standard InChI is InChI=1S/C11H19N7/c1-4-12-5-10-14-8-17(16-10)6-11-13-7-15-18(11)9(2)3/h7-9,12H,4-6H2,1-3H3. The molecule has 0 aliphatic rings. The molecule has 0 aromatic carbocycles. The third-order valence-corrected chi connectivity index (χ3v) is 2.56. The Kier molecular flexibility index (Phi) is 4.03. The van der Waals surface area contributed by atoms with Crippen molar-refractivity contribution in [2.75, 3.05) is 6.54 Å². The molecule has 2 heterocycles. The zero-order chi connectivity index (χ0) is 13.0. The molecule has 0 spiro atoms. The van der Waals surface area contributed by atoms with Crippen LogP contribution in [0.1, 0.15) is 38.5 Å². The van der Waals surface area contributed by atoms with Crippen molar-refractivity contribution in [3.8, 4) is 0 Å². The van der Waals surface area contributed by atoms with Crippen molar-refractivity contribution in [2.45, 2.75) is 39.9 Å². The summed E-state index contributed by atoms with van der Waals surface area (Å²) in [5.41, 5.74) is 0. The number of hydrogen-bond donors (Lipinski definition) is 1. The van der Waals surface area contributed by atoms with Crippen LogP contribution in [0.5, 0.6) is 0 Å². The molecule has 7 nitrogen and oxygen atoms in total. The third kappa shape index (κ3) is 2.92. The molecule has 0 unspecified atom stereocenters. The Hall–Kier alpha value is -1.76. The van der Waals surface area contributed by atoms with Gasteiger partial charge >= 0.3 is 0 Å². The Bertz CT molecular complexity index is 485. The van der Waals surface area contributed by atoms with Gasteiger partial charge in [-0.25, -0.2) is 19.3 Å². The van der Waals surface area contributed by atoms with Crippen LogP contribution < -0.4 is 5.32 Å².